The normalized spacial score (nSPS) is 16.2. The van der Waals surface area contributed by atoms with E-state index in [-0.39, 0.29) is 12.7 Å². The maximum Gasteiger partial charge on any atom is 0.188 e. The van der Waals surface area contributed by atoms with Crippen LogP contribution in [0, 0.1) is 5.53 Å². The fourth-order valence-corrected chi connectivity index (χ4v) is 0.728. The molecule has 0 radical (unpaired) electrons. The van der Waals surface area contributed by atoms with E-state index in [1.807, 2.05) is 0 Å². The summed E-state index contributed by atoms with van der Waals surface area (Å²) in [5.41, 5.74) is 7.57. The van der Waals surface area contributed by atoms with Crippen LogP contribution >= 0.6 is 0 Å². The van der Waals surface area contributed by atoms with Gasteiger partial charge in [0.15, 0.2) is 12.7 Å². The third-order valence-corrected chi connectivity index (χ3v) is 1.48. The van der Waals surface area contributed by atoms with Gasteiger partial charge in [0.25, 0.3) is 0 Å². The molecule has 0 aromatic rings. The molecule has 0 aromatic heterocycles. The Balaban J connectivity index is 2.12. The Kier molecular flexibility index (Phi) is 4.17. The van der Waals surface area contributed by atoms with E-state index >= 15 is 0 Å². The Labute approximate surface area is 76.3 Å². The second kappa shape index (κ2) is 5.47. The predicted octanol–water partition coefficient (Wildman–Crippen LogP) is 1.13. The molecule has 0 aromatic carbocycles. The number of nitrogens with one attached hydrogen (secondary N) is 1. The molecule has 1 saturated carbocycles. The predicted molar refractivity (Wildman–Crippen MR) is 44.5 cm³/mol. The lowest BCUT2D eigenvalue weighted by Crippen LogP contribution is -2.22. The second-order valence-electron chi connectivity index (χ2n) is 2.73. The van der Waals surface area contributed by atoms with E-state index < -0.39 is 0 Å². The maximum atomic E-state index is 6.50. The number of ether oxygens (including phenoxy) is 1. The van der Waals surface area contributed by atoms with E-state index in [0.29, 0.717) is 6.61 Å². The molecule has 0 amide bonds. The molecular formula is C7H13N3O3. The summed E-state index contributed by atoms with van der Waals surface area (Å²) in [6, 6.07) is 0. The van der Waals surface area contributed by atoms with E-state index in [9.17, 15) is 0 Å². The molecule has 1 atom stereocenters. The van der Waals surface area contributed by atoms with E-state index in [0.717, 1.165) is 18.6 Å². The van der Waals surface area contributed by atoms with Crippen molar-refractivity contribution in [3.63, 3.8) is 0 Å². The first-order valence-electron chi connectivity index (χ1n) is 4.06. The number of nitrogens with zero attached hydrogens (tertiary/aromatic N) is 2. The van der Waals surface area contributed by atoms with Crippen LogP contribution in [0.2, 0.25) is 0 Å². The lowest BCUT2D eigenvalue weighted by atomic mass is 10.4. The van der Waals surface area contributed by atoms with Crippen molar-refractivity contribution in [2.75, 3.05) is 20.3 Å². The third-order valence-electron chi connectivity index (χ3n) is 1.48. The van der Waals surface area contributed by atoms with Crippen molar-refractivity contribution < 1.29 is 14.4 Å². The molecule has 0 bridgehead atoms. The summed E-state index contributed by atoms with van der Waals surface area (Å²) < 4.78 is 4.83. The van der Waals surface area contributed by atoms with Crippen molar-refractivity contribution in [3.8, 4) is 0 Å². The molecule has 0 spiro atoms. The second-order valence-corrected chi connectivity index (χ2v) is 2.73. The summed E-state index contributed by atoms with van der Waals surface area (Å²) in [4.78, 5) is 9.62. The Hall–Kier alpha value is -1.17. The average molecular weight is 187 g/mol. The zero-order valence-corrected chi connectivity index (χ0v) is 7.52. The monoisotopic (exact) mass is 187 g/mol. The van der Waals surface area contributed by atoms with Gasteiger partial charge in [-0.3, -0.25) is 0 Å². The van der Waals surface area contributed by atoms with Crippen LogP contribution in [0.5, 0.6) is 0 Å². The van der Waals surface area contributed by atoms with Crippen LogP contribution < -0.4 is 0 Å². The molecular weight excluding hydrogens is 174 g/mol. The van der Waals surface area contributed by atoms with Gasteiger partial charge in [-0.25, -0.2) is 0 Å². The first-order valence-corrected chi connectivity index (χ1v) is 4.06. The van der Waals surface area contributed by atoms with Gasteiger partial charge < -0.3 is 14.4 Å². The first kappa shape index (κ1) is 9.91. The van der Waals surface area contributed by atoms with Crippen LogP contribution in [0.3, 0.4) is 0 Å². The van der Waals surface area contributed by atoms with Crippen LogP contribution in [-0.2, 0) is 14.4 Å². The molecule has 74 valence electrons. The van der Waals surface area contributed by atoms with Crippen molar-refractivity contribution >= 4 is 5.71 Å². The van der Waals surface area contributed by atoms with E-state index in [1.165, 1.54) is 0 Å². The largest absolute Gasteiger partial charge is 0.392 e. The lowest BCUT2D eigenvalue weighted by Gasteiger charge is -2.10. The Morgan fingerprint density at radius 1 is 1.46 bits per heavy atom. The molecule has 1 aliphatic rings. The zero-order chi connectivity index (χ0) is 9.52. The molecule has 1 N–H and O–H groups in total. The summed E-state index contributed by atoms with van der Waals surface area (Å²) >= 11 is 0. The van der Waals surface area contributed by atoms with Crippen LogP contribution in [-0.4, -0.2) is 32.1 Å². The van der Waals surface area contributed by atoms with Crippen molar-refractivity contribution in [2.24, 2.45) is 10.4 Å². The van der Waals surface area contributed by atoms with Gasteiger partial charge >= 0.3 is 0 Å². The highest BCUT2D eigenvalue weighted by atomic mass is 16.7. The van der Waals surface area contributed by atoms with Crippen molar-refractivity contribution in [1.82, 2.24) is 0 Å². The highest BCUT2D eigenvalue weighted by Crippen LogP contribution is 2.14. The van der Waals surface area contributed by atoms with Crippen LogP contribution in [0.25, 0.3) is 0 Å². The highest BCUT2D eigenvalue weighted by molar-refractivity contribution is 5.97. The number of methoxy groups -OCH3 is 1. The summed E-state index contributed by atoms with van der Waals surface area (Å²) in [6.07, 6.45) is 1.70. The summed E-state index contributed by atoms with van der Waals surface area (Å²) in [7, 11) is 1.55. The molecule has 13 heavy (non-hydrogen) atoms. The summed E-state index contributed by atoms with van der Waals surface area (Å²) in [5.74, 6) is 0. The van der Waals surface area contributed by atoms with Crippen LogP contribution in [0.4, 0.5) is 0 Å². The van der Waals surface area contributed by atoms with Crippen LogP contribution in [0.1, 0.15) is 12.8 Å². The van der Waals surface area contributed by atoms with Gasteiger partial charge in [-0.2, -0.15) is 5.53 Å². The Morgan fingerprint density at radius 2 is 2.23 bits per heavy atom. The number of rotatable bonds is 7. The van der Waals surface area contributed by atoms with Gasteiger partial charge in [0.2, 0.25) is 0 Å². The van der Waals surface area contributed by atoms with Gasteiger partial charge in [-0.05, 0) is 12.8 Å². The number of oxime groups is 1. The van der Waals surface area contributed by atoms with Crippen molar-refractivity contribution in [3.05, 3.63) is 0 Å². The lowest BCUT2D eigenvalue weighted by molar-refractivity contribution is -0.0586. The Morgan fingerprint density at radius 3 is 2.77 bits per heavy atom. The quantitative estimate of drug-likeness (QED) is 0.479. The van der Waals surface area contributed by atoms with Gasteiger partial charge in [0, 0.05) is 12.4 Å². The van der Waals surface area contributed by atoms with Crippen molar-refractivity contribution in [1.29, 1.82) is 5.53 Å². The first-order chi connectivity index (χ1) is 6.36. The molecule has 6 heteroatoms. The fraction of sp³-hybridized carbons (Fsp3) is 0.857. The fourth-order valence-electron chi connectivity index (χ4n) is 0.728. The minimum Gasteiger partial charge on any atom is -0.392 e. The molecule has 1 unspecified atom stereocenters. The minimum atomic E-state index is -0.356. The van der Waals surface area contributed by atoms with Gasteiger partial charge in [0.1, 0.15) is 0 Å². The molecule has 0 aliphatic heterocycles. The zero-order valence-electron chi connectivity index (χ0n) is 7.52. The van der Waals surface area contributed by atoms with E-state index in [1.54, 1.807) is 7.11 Å². The van der Waals surface area contributed by atoms with Gasteiger partial charge in [-0.15, -0.1) is 0 Å². The SMILES string of the molecule is COCC(CON=C1CC1)ON=N. The van der Waals surface area contributed by atoms with Crippen molar-refractivity contribution in [2.45, 2.75) is 18.9 Å². The van der Waals surface area contributed by atoms with Crippen LogP contribution in [0.15, 0.2) is 10.4 Å². The summed E-state index contributed by atoms with van der Waals surface area (Å²) in [5, 5.41) is 6.63. The number of hydrogen-bond acceptors (Lipinski definition) is 6. The molecule has 6 nitrogen and oxygen atoms in total. The molecule has 1 rings (SSSR count). The molecule has 1 fully saturated rings. The molecule has 0 heterocycles. The molecule has 1 aliphatic carbocycles. The smallest absolute Gasteiger partial charge is 0.188 e. The standard InChI is InChI=1S/C7H13N3O3/c1-11-4-7(13-10-8)5-12-9-6-2-3-6/h7-8H,2-5H2,1H3. The topological polar surface area (TPSA) is 76.3 Å². The minimum absolute atomic E-state index is 0.264. The maximum absolute atomic E-state index is 6.50. The summed E-state index contributed by atoms with van der Waals surface area (Å²) in [6.45, 7) is 0.604. The number of hydrogen-bond donors (Lipinski definition) is 1. The Bertz CT molecular complexity index is 189. The van der Waals surface area contributed by atoms with E-state index in [4.69, 9.17) is 15.1 Å². The molecule has 0 saturated heterocycles. The van der Waals surface area contributed by atoms with E-state index in [2.05, 4.69) is 15.3 Å². The average Bonchev–Trinajstić information content (AvgIpc) is 2.89. The third kappa shape index (κ3) is 4.41. The van der Waals surface area contributed by atoms with Gasteiger partial charge in [0.05, 0.1) is 12.3 Å². The van der Waals surface area contributed by atoms with Gasteiger partial charge in [-0.1, -0.05) is 5.16 Å². The highest BCUT2D eigenvalue weighted by Gasteiger charge is 2.15.